The Hall–Kier alpha value is -1.36. The molecule has 1 amide bonds. The smallest absolute Gasteiger partial charge is 0.224 e. The molecular formula is C17H29IN4O3S. The highest BCUT2D eigenvalue weighted by Crippen LogP contribution is 2.17. The molecule has 7 nitrogen and oxygen atoms in total. The van der Waals surface area contributed by atoms with Crippen LogP contribution in [0, 0.1) is 12.3 Å². The van der Waals surface area contributed by atoms with E-state index < -0.39 is 15.3 Å². The summed E-state index contributed by atoms with van der Waals surface area (Å²) in [6.07, 6.45) is 1.20. The van der Waals surface area contributed by atoms with Gasteiger partial charge in [-0.15, -0.1) is 24.0 Å². The Morgan fingerprint density at radius 1 is 1.27 bits per heavy atom. The van der Waals surface area contributed by atoms with Crippen molar-refractivity contribution in [1.82, 2.24) is 10.6 Å². The van der Waals surface area contributed by atoms with Crippen molar-refractivity contribution in [3.05, 3.63) is 29.3 Å². The molecule has 0 bridgehead atoms. The van der Waals surface area contributed by atoms with E-state index in [1.165, 1.54) is 6.26 Å². The number of primary amides is 1. The number of carbonyl (C=O) groups excluding carboxylic acids is 1. The van der Waals surface area contributed by atoms with Crippen LogP contribution >= 0.6 is 24.0 Å². The maximum Gasteiger partial charge on any atom is 0.224 e. The van der Waals surface area contributed by atoms with Crippen molar-refractivity contribution >= 4 is 45.7 Å². The zero-order chi connectivity index (χ0) is 19.3. The molecule has 0 saturated heterocycles. The van der Waals surface area contributed by atoms with E-state index in [4.69, 9.17) is 5.73 Å². The number of guanidine groups is 1. The molecule has 0 unspecified atom stereocenters. The molecule has 0 aliphatic carbocycles. The number of nitrogens with two attached hydrogens (primary N) is 1. The Kier molecular flexibility index (Phi) is 9.57. The van der Waals surface area contributed by atoms with Crippen LogP contribution in [0.4, 0.5) is 0 Å². The monoisotopic (exact) mass is 496 g/mol. The quantitative estimate of drug-likeness (QED) is 0.302. The van der Waals surface area contributed by atoms with Gasteiger partial charge in [-0.25, -0.2) is 13.4 Å². The second-order valence-electron chi connectivity index (χ2n) is 6.67. The maximum absolute atomic E-state index is 11.7. The van der Waals surface area contributed by atoms with Gasteiger partial charge in [-0.1, -0.05) is 12.1 Å². The van der Waals surface area contributed by atoms with Crippen LogP contribution in [-0.4, -0.2) is 39.6 Å². The molecule has 26 heavy (non-hydrogen) atoms. The van der Waals surface area contributed by atoms with Crippen molar-refractivity contribution < 1.29 is 13.2 Å². The number of hydrogen-bond acceptors (Lipinski definition) is 4. The Morgan fingerprint density at radius 3 is 2.35 bits per heavy atom. The molecule has 9 heteroatoms. The molecule has 148 valence electrons. The van der Waals surface area contributed by atoms with E-state index in [-0.39, 0.29) is 29.9 Å². The third kappa shape index (κ3) is 7.48. The van der Waals surface area contributed by atoms with Crippen molar-refractivity contribution in [2.75, 3.05) is 19.3 Å². The maximum atomic E-state index is 11.7. The van der Waals surface area contributed by atoms with Gasteiger partial charge in [0.05, 0.1) is 16.9 Å². The number of hydrogen-bond donors (Lipinski definition) is 3. The second kappa shape index (κ2) is 10.1. The topological polar surface area (TPSA) is 114 Å². The number of carbonyl (C=O) groups is 1. The summed E-state index contributed by atoms with van der Waals surface area (Å²) < 4.78 is 23.3. The minimum absolute atomic E-state index is 0. The molecule has 0 fully saturated rings. The second-order valence-corrected chi connectivity index (χ2v) is 8.65. The molecule has 4 N–H and O–H groups in total. The summed E-state index contributed by atoms with van der Waals surface area (Å²) in [7, 11) is -3.23. The van der Waals surface area contributed by atoms with Crippen LogP contribution in [0.2, 0.25) is 0 Å². The molecule has 0 atom stereocenters. The Bertz CT molecular complexity index is 761. The fourth-order valence-corrected chi connectivity index (χ4v) is 3.09. The summed E-state index contributed by atoms with van der Waals surface area (Å²) in [4.78, 5) is 16.2. The number of benzene rings is 1. The van der Waals surface area contributed by atoms with E-state index in [1.807, 2.05) is 13.0 Å². The summed E-state index contributed by atoms with van der Waals surface area (Å²) in [5, 5.41) is 6.21. The number of rotatable bonds is 7. The lowest BCUT2D eigenvalue weighted by Crippen LogP contribution is -2.46. The van der Waals surface area contributed by atoms with Gasteiger partial charge in [0.2, 0.25) is 5.91 Å². The third-order valence-electron chi connectivity index (χ3n) is 3.77. The molecule has 0 heterocycles. The average molecular weight is 496 g/mol. The van der Waals surface area contributed by atoms with Crippen molar-refractivity contribution in [3.8, 4) is 0 Å². The molecule has 1 aromatic rings. The molecule has 0 aromatic heterocycles. The summed E-state index contributed by atoms with van der Waals surface area (Å²) in [6.45, 7) is 8.66. The molecular weight excluding hydrogens is 467 g/mol. The zero-order valence-electron chi connectivity index (χ0n) is 15.9. The number of nitrogens with zero attached hydrogens (tertiary/aromatic N) is 1. The van der Waals surface area contributed by atoms with Crippen molar-refractivity contribution in [1.29, 1.82) is 0 Å². The minimum atomic E-state index is -3.23. The van der Waals surface area contributed by atoms with E-state index in [2.05, 4.69) is 15.6 Å². The minimum Gasteiger partial charge on any atom is -0.369 e. The van der Waals surface area contributed by atoms with Crippen LogP contribution < -0.4 is 16.4 Å². The zero-order valence-corrected chi connectivity index (χ0v) is 19.1. The van der Waals surface area contributed by atoms with Crippen LogP contribution in [0.1, 0.15) is 31.9 Å². The van der Waals surface area contributed by atoms with E-state index >= 15 is 0 Å². The first-order chi connectivity index (χ1) is 11.5. The lowest BCUT2D eigenvalue weighted by Gasteiger charge is -2.22. The lowest BCUT2D eigenvalue weighted by atomic mass is 9.93. The lowest BCUT2D eigenvalue weighted by molar-refractivity contribution is -0.125. The number of halogens is 1. The molecule has 0 radical (unpaired) electrons. The van der Waals surface area contributed by atoms with E-state index in [0.717, 1.165) is 5.56 Å². The van der Waals surface area contributed by atoms with E-state index in [0.29, 0.717) is 36.1 Å². The fourth-order valence-electron chi connectivity index (χ4n) is 2.13. The van der Waals surface area contributed by atoms with Crippen LogP contribution in [0.5, 0.6) is 0 Å². The van der Waals surface area contributed by atoms with Gasteiger partial charge in [0.1, 0.15) is 0 Å². The van der Waals surface area contributed by atoms with Crippen LogP contribution in [0.15, 0.2) is 28.1 Å². The van der Waals surface area contributed by atoms with Crippen molar-refractivity contribution in [2.24, 2.45) is 16.1 Å². The Labute approximate surface area is 173 Å². The fraction of sp³-hybridized carbons (Fsp3) is 0.529. The van der Waals surface area contributed by atoms with Gasteiger partial charge >= 0.3 is 0 Å². The molecule has 1 aromatic carbocycles. The molecule has 0 aliphatic heterocycles. The van der Waals surface area contributed by atoms with Crippen molar-refractivity contribution in [3.63, 3.8) is 0 Å². The molecule has 0 aliphatic rings. The summed E-state index contributed by atoms with van der Waals surface area (Å²) in [6, 6.07) is 5.17. The molecule has 0 spiro atoms. The summed E-state index contributed by atoms with van der Waals surface area (Å²) in [5.41, 5.74) is 6.28. The van der Waals surface area contributed by atoms with Crippen LogP contribution in [-0.2, 0) is 21.2 Å². The first-order valence-electron chi connectivity index (χ1n) is 8.09. The van der Waals surface area contributed by atoms with E-state index in [1.54, 1.807) is 32.9 Å². The SMILES string of the molecule is CCNC(=NCc1ccc(S(C)(=O)=O)c(C)c1)NCC(C)(C)C(N)=O.I. The highest BCUT2D eigenvalue weighted by molar-refractivity contribution is 14.0. The highest BCUT2D eigenvalue weighted by Gasteiger charge is 2.24. The number of amides is 1. The Morgan fingerprint density at radius 2 is 1.88 bits per heavy atom. The van der Waals surface area contributed by atoms with Gasteiger partial charge in [-0.05, 0) is 44.9 Å². The third-order valence-corrected chi connectivity index (χ3v) is 5.02. The Balaban J connectivity index is 0.00000625. The summed E-state index contributed by atoms with van der Waals surface area (Å²) in [5.74, 6) is 0.185. The van der Waals surface area contributed by atoms with Gasteiger partial charge in [-0.3, -0.25) is 4.79 Å². The predicted octanol–water partition coefficient (Wildman–Crippen LogP) is 1.58. The first-order valence-corrected chi connectivity index (χ1v) is 9.98. The van der Waals surface area contributed by atoms with Crippen molar-refractivity contribution in [2.45, 2.75) is 39.1 Å². The number of aliphatic imine (C=N–C) groups is 1. The van der Waals surface area contributed by atoms with Crippen LogP contribution in [0.3, 0.4) is 0 Å². The molecule has 0 saturated carbocycles. The van der Waals surface area contributed by atoms with Gasteiger partial charge in [0, 0.05) is 19.3 Å². The standard InChI is InChI=1S/C17H28N4O3S.HI/c1-6-19-16(21-11-17(3,4)15(18)22)20-10-13-7-8-14(12(2)9-13)25(5,23)24;/h7-9H,6,10-11H2,1-5H3,(H2,18,22)(H2,19,20,21);1H. The number of nitrogens with one attached hydrogen (secondary N) is 2. The van der Waals surface area contributed by atoms with E-state index in [9.17, 15) is 13.2 Å². The first kappa shape index (κ1) is 24.6. The van der Waals surface area contributed by atoms with Gasteiger partial charge in [0.15, 0.2) is 15.8 Å². The highest BCUT2D eigenvalue weighted by atomic mass is 127. The normalized spacial score (nSPS) is 12.3. The summed E-state index contributed by atoms with van der Waals surface area (Å²) >= 11 is 0. The predicted molar refractivity (Wildman–Crippen MR) is 115 cm³/mol. The number of sulfone groups is 1. The van der Waals surface area contributed by atoms with Gasteiger partial charge in [-0.2, -0.15) is 0 Å². The van der Waals surface area contributed by atoms with Gasteiger partial charge < -0.3 is 16.4 Å². The average Bonchev–Trinajstić information content (AvgIpc) is 2.48. The largest absolute Gasteiger partial charge is 0.369 e. The number of aryl methyl sites for hydroxylation is 1. The molecule has 1 rings (SSSR count). The van der Waals surface area contributed by atoms with Gasteiger partial charge in [0.25, 0.3) is 0 Å². The van der Waals surface area contributed by atoms with Crippen LogP contribution in [0.25, 0.3) is 0 Å².